The highest BCUT2D eigenvalue weighted by molar-refractivity contribution is 14.0. The lowest BCUT2D eigenvalue weighted by Crippen LogP contribution is -2.45. The van der Waals surface area contributed by atoms with E-state index in [9.17, 15) is 5.11 Å². The lowest BCUT2D eigenvalue weighted by Gasteiger charge is -2.27. The Balaban J connectivity index is 0.00000338. The van der Waals surface area contributed by atoms with Gasteiger partial charge in [-0.2, -0.15) is 0 Å². The number of halogens is 1. The van der Waals surface area contributed by atoms with Crippen LogP contribution in [-0.4, -0.2) is 49.9 Å². The van der Waals surface area contributed by atoms with Crippen LogP contribution in [0.1, 0.15) is 45.4 Å². The van der Waals surface area contributed by atoms with E-state index in [-0.39, 0.29) is 30.1 Å². The third-order valence-corrected chi connectivity index (χ3v) is 4.75. The lowest BCUT2D eigenvalue weighted by atomic mass is 9.93. The normalized spacial score (nSPS) is 20.2. The van der Waals surface area contributed by atoms with Crippen molar-refractivity contribution in [2.45, 2.75) is 57.6 Å². The van der Waals surface area contributed by atoms with Crippen molar-refractivity contribution in [1.82, 2.24) is 10.6 Å². The zero-order valence-corrected chi connectivity index (χ0v) is 18.5. The van der Waals surface area contributed by atoms with Gasteiger partial charge in [-0.05, 0) is 57.6 Å². The van der Waals surface area contributed by atoms with Crippen molar-refractivity contribution in [1.29, 1.82) is 0 Å². The molecular formula is C20H35IN4O. The number of aliphatic hydroxyl groups is 1. The van der Waals surface area contributed by atoms with Gasteiger partial charge in [-0.25, -0.2) is 0 Å². The number of rotatable bonds is 8. The molecule has 6 heteroatoms. The number of aliphatic imine (C=N–C) groups is 1. The molecule has 0 aromatic heterocycles. The Morgan fingerprint density at radius 3 is 2.50 bits per heavy atom. The monoisotopic (exact) mass is 474 g/mol. The minimum absolute atomic E-state index is 0. The molecule has 3 N–H and O–H groups in total. The molecule has 0 unspecified atom stereocenters. The standard InChI is InChI=1S/C20H34N4O.HI/c1-3-21-20(23-17-11-13-19(25)14-12-17)22-15-7-8-16-24(2)18-9-5-4-6-10-18;/h4-6,9-10,17,19,25H,3,7-8,11-16H2,1-2H3,(H2,21,22,23);1H. The molecule has 0 bridgehead atoms. The van der Waals surface area contributed by atoms with Crippen LogP contribution in [0.25, 0.3) is 0 Å². The summed E-state index contributed by atoms with van der Waals surface area (Å²) in [6.07, 6.45) is 5.92. The van der Waals surface area contributed by atoms with Crippen LogP contribution in [0.5, 0.6) is 0 Å². The van der Waals surface area contributed by atoms with Gasteiger partial charge in [0.25, 0.3) is 0 Å². The maximum Gasteiger partial charge on any atom is 0.191 e. The van der Waals surface area contributed by atoms with Crippen molar-refractivity contribution in [2.24, 2.45) is 4.99 Å². The first-order valence-corrected chi connectivity index (χ1v) is 9.68. The van der Waals surface area contributed by atoms with E-state index in [2.05, 4.69) is 53.8 Å². The summed E-state index contributed by atoms with van der Waals surface area (Å²) in [6.45, 7) is 4.85. The number of aliphatic hydroxyl groups excluding tert-OH is 1. The van der Waals surface area contributed by atoms with E-state index >= 15 is 0 Å². The van der Waals surface area contributed by atoms with Crippen molar-refractivity contribution in [3.05, 3.63) is 30.3 Å². The van der Waals surface area contributed by atoms with Crippen LogP contribution < -0.4 is 15.5 Å². The van der Waals surface area contributed by atoms with Crippen molar-refractivity contribution in [3.63, 3.8) is 0 Å². The number of para-hydroxylation sites is 1. The molecule has 0 amide bonds. The van der Waals surface area contributed by atoms with Gasteiger partial charge in [0.15, 0.2) is 5.96 Å². The maximum atomic E-state index is 9.61. The molecule has 0 aliphatic heterocycles. The second-order valence-electron chi connectivity index (χ2n) is 6.87. The SMILES string of the molecule is CCNC(=NCCCCN(C)c1ccccc1)NC1CCC(O)CC1.I. The molecule has 5 nitrogen and oxygen atoms in total. The zero-order valence-electron chi connectivity index (χ0n) is 16.2. The first kappa shape index (κ1) is 23.0. The van der Waals surface area contributed by atoms with Gasteiger partial charge in [0, 0.05) is 38.4 Å². The molecule has 26 heavy (non-hydrogen) atoms. The smallest absolute Gasteiger partial charge is 0.191 e. The first-order chi connectivity index (χ1) is 12.2. The van der Waals surface area contributed by atoms with Gasteiger partial charge in [-0.3, -0.25) is 4.99 Å². The molecule has 1 aliphatic rings. The van der Waals surface area contributed by atoms with E-state index in [0.29, 0.717) is 6.04 Å². The molecule has 148 valence electrons. The number of hydrogen-bond acceptors (Lipinski definition) is 3. The minimum Gasteiger partial charge on any atom is -0.393 e. The van der Waals surface area contributed by atoms with Gasteiger partial charge >= 0.3 is 0 Å². The van der Waals surface area contributed by atoms with E-state index in [0.717, 1.165) is 64.1 Å². The number of nitrogens with zero attached hydrogens (tertiary/aromatic N) is 2. The van der Waals surface area contributed by atoms with Crippen LogP contribution in [0.15, 0.2) is 35.3 Å². The Morgan fingerprint density at radius 1 is 1.15 bits per heavy atom. The van der Waals surface area contributed by atoms with Crippen LogP contribution in [0, 0.1) is 0 Å². The van der Waals surface area contributed by atoms with Crippen LogP contribution in [0.2, 0.25) is 0 Å². The summed E-state index contributed by atoms with van der Waals surface area (Å²) in [4.78, 5) is 7.00. The summed E-state index contributed by atoms with van der Waals surface area (Å²) in [5, 5.41) is 16.5. The van der Waals surface area contributed by atoms with Crippen molar-refractivity contribution < 1.29 is 5.11 Å². The van der Waals surface area contributed by atoms with Gasteiger partial charge in [0.05, 0.1) is 6.10 Å². The van der Waals surface area contributed by atoms with Crippen LogP contribution in [-0.2, 0) is 0 Å². The number of hydrogen-bond donors (Lipinski definition) is 3. The maximum absolute atomic E-state index is 9.61. The fourth-order valence-corrected chi connectivity index (χ4v) is 3.20. The van der Waals surface area contributed by atoms with Gasteiger partial charge < -0.3 is 20.6 Å². The highest BCUT2D eigenvalue weighted by atomic mass is 127. The predicted molar refractivity (Wildman–Crippen MR) is 122 cm³/mol. The third-order valence-electron chi connectivity index (χ3n) is 4.75. The van der Waals surface area contributed by atoms with E-state index in [4.69, 9.17) is 4.99 Å². The van der Waals surface area contributed by atoms with Crippen LogP contribution in [0.4, 0.5) is 5.69 Å². The van der Waals surface area contributed by atoms with Crippen LogP contribution >= 0.6 is 24.0 Å². The third kappa shape index (κ3) is 8.58. The molecule has 0 saturated heterocycles. The number of benzene rings is 1. The van der Waals surface area contributed by atoms with Gasteiger partial charge in [0.2, 0.25) is 0 Å². The summed E-state index contributed by atoms with van der Waals surface area (Å²) >= 11 is 0. The Morgan fingerprint density at radius 2 is 1.85 bits per heavy atom. The lowest BCUT2D eigenvalue weighted by molar-refractivity contribution is 0.120. The summed E-state index contributed by atoms with van der Waals surface area (Å²) in [5.41, 5.74) is 1.26. The van der Waals surface area contributed by atoms with Gasteiger partial charge in [0.1, 0.15) is 0 Å². The average molecular weight is 474 g/mol. The molecule has 0 spiro atoms. The Hall–Kier alpha value is -1.02. The molecule has 1 aromatic rings. The van der Waals surface area contributed by atoms with E-state index in [1.54, 1.807) is 0 Å². The number of nitrogens with one attached hydrogen (secondary N) is 2. The fourth-order valence-electron chi connectivity index (χ4n) is 3.20. The van der Waals surface area contributed by atoms with Crippen molar-refractivity contribution >= 4 is 35.6 Å². The predicted octanol–water partition coefficient (Wildman–Crippen LogP) is 3.38. The quantitative estimate of drug-likeness (QED) is 0.234. The molecule has 1 aliphatic carbocycles. The van der Waals surface area contributed by atoms with Crippen LogP contribution in [0.3, 0.4) is 0 Å². The summed E-state index contributed by atoms with van der Waals surface area (Å²) in [6, 6.07) is 10.9. The van der Waals surface area contributed by atoms with E-state index in [1.807, 2.05) is 6.07 Å². The Bertz CT molecular complexity index is 504. The molecule has 0 radical (unpaired) electrons. The second kappa shape index (κ2) is 13.2. The highest BCUT2D eigenvalue weighted by Gasteiger charge is 2.19. The number of guanidine groups is 1. The molecule has 0 atom stereocenters. The zero-order chi connectivity index (χ0) is 17.9. The highest BCUT2D eigenvalue weighted by Crippen LogP contribution is 2.18. The largest absolute Gasteiger partial charge is 0.393 e. The van der Waals surface area contributed by atoms with E-state index in [1.165, 1.54) is 5.69 Å². The summed E-state index contributed by atoms with van der Waals surface area (Å²) < 4.78 is 0. The molecule has 2 rings (SSSR count). The Labute approximate surface area is 175 Å². The van der Waals surface area contributed by atoms with Gasteiger partial charge in [-0.1, -0.05) is 18.2 Å². The van der Waals surface area contributed by atoms with Crippen molar-refractivity contribution in [2.75, 3.05) is 31.6 Å². The molecule has 0 heterocycles. The molecule has 1 saturated carbocycles. The first-order valence-electron chi connectivity index (χ1n) is 9.68. The van der Waals surface area contributed by atoms with Gasteiger partial charge in [-0.15, -0.1) is 24.0 Å². The molecule has 1 fully saturated rings. The fraction of sp³-hybridized carbons (Fsp3) is 0.650. The molecular weight excluding hydrogens is 439 g/mol. The van der Waals surface area contributed by atoms with E-state index < -0.39 is 0 Å². The van der Waals surface area contributed by atoms with Crippen molar-refractivity contribution in [3.8, 4) is 0 Å². The second-order valence-corrected chi connectivity index (χ2v) is 6.87. The summed E-state index contributed by atoms with van der Waals surface area (Å²) in [7, 11) is 2.14. The minimum atomic E-state index is -0.112. The number of unbranched alkanes of at least 4 members (excludes halogenated alkanes) is 1. The average Bonchev–Trinajstić information content (AvgIpc) is 2.64. The molecule has 1 aromatic carbocycles. The Kier molecular flexibility index (Phi) is 11.7. The topological polar surface area (TPSA) is 59.9 Å². The summed E-state index contributed by atoms with van der Waals surface area (Å²) in [5.74, 6) is 0.917. The number of anilines is 1.